The van der Waals surface area contributed by atoms with E-state index in [1.807, 2.05) is 68.7 Å². The number of methoxy groups -OCH3 is 1. The molecule has 0 radical (unpaired) electrons. The van der Waals surface area contributed by atoms with Crippen LogP contribution in [-0.2, 0) is 11.3 Å². The molecule has 0 saturated carbocycles. The summed E-state index contributed by atoms with van der Waals surface area (Å²) in [4.78, 5) is 12.5. The summed E-state index contributed by atoms with van der Waals surface area (Å²) in [5.41, 5.74) is 0.585. The summed E-state index contributed by atoms with van der Waals surface area (Å²) in [6, 6.07) is 11.4. The van der Waals surface area contributed by atoms with E-state index < -0.39 is 0 Å². The highest BCUT2D eigenvalue weighted by Crippen LogP contribution is 2.29. The summed E-state index contributed by atoms with van der Waals surface area (Å²) in [6.45, 7) is 8.21. The molecule has 2 aromatic heterocycles. The van der Waals surface area contributed by atoms with E-state index in [1.54, 1.807) is 13.4 Å². The first-order valence-electron chi connectivity index (χ1n) is 9.35. The van der Waals surface area contributed by atoms with Crippen LogP contribution in [0.2, 0.25) is 0 Å². The molecule has 1 atom stereocenters. The molecule has 0 aliphatic heterocycles. The summed E-state index contributed by atoms with van der Waals surface area (Å²) >= 11 is 1.37. The van der Waals surface area contributed by atoms with E-state index in [1.165, 1.54) is 11.8 Å². The van der Waals surface area contributed by atoms with E-state index >= 15 is 0 Å². The zero-order chi connectivity index (χ0) is 21.0. The number of ether oxygens (including phenoxy) is 1. The maximum atomic E-state index is 12.5. The molecule has 8 heteroatoms. The molecule has 0 fully saturated rings. The van der Waals surface area contributed by atoms with Crippen molar-refractivity contribution in [3.63, 3.8) is 0 Å². The second kappa shape index (κ2) is 8.73. The van der Waals surface area contributed by atoms with Crippen LogP contribution in [0.4, 0.5) is 0 Å². The van der Waals surface area contributed by atoms with Gasteiger partial charge in [0.1, 0.15) is 11.5 Å². The first kappa shape index (κ1) is 21.0. The van der Waals surface area contributed by atoms with Gasteiger partial charge in [0.15, 0.2) is 11.0 Å². The number of amides is 1. The van der Waals surface area contributed by atoms with E-state index in [9.17, 15) is 4.79 Å². The number of aromatic nitrogens is 3. The standard InChI is InChI=1S/C21H26N4O3S/c1-14(19(26)22-21(2,3)4)29-20-24-23-18(15-8-6-9-16(12-15)27-5)25(20)13-17-10-7-11-28-17/h6-12,14H,13H2,1-5H3,(H,22,26)/t14-/m0/s1. The number of hydrogen-bond acceptors (Lipinski definition) is 6. The normalized spacial score (nSPS) is 12.6. The highest BCUT2D eigenvalue weighted by molar-refractivity contribution is 8.00. The second-order valence-corrected chi connectivity index (χ2v) is 9.01. The molecule has 0 aliphatic carbocycles. The predicted octanol–water partition coefficient (Wildman–Crippen LogP) is 3.99. The van der Waals surface area contributed by atoms with Crippen molar-refractivity contribution < 1.29 is 13.9 Å². The lowest BCUT2D eigenvalue weighted by molar-refractivity contribution is -0.121. The summed E-state index contributed by atoms with van der Waals surface area (Å²) in [7, 11) is 1.63. The third-order valence-corrected chi connectivity index (χ3v) is 5.17. The third kappa shape index (κ3) is 5.41. The zero-order valence-electron chi connectivity index (χ0n) is 17.3. The molecular weight excluding hydrogens is 388 g/mol. The number of nitrogens with zero attached hydrogens (tertiary/aromatic N) is 3. The average Bonchev–Trinajstić information content (AvgIpc) is 3.31. The van der Waals surface area contributed by atoms with Crippen LogP contribution in [0, 0.1) is 0 Å². The van der Waals surface area contributed by atoms with Crippen molar-refractivity contribution in [1.29, 1.82) is 0 Å². The summed E-state index contributed by atoms with van der Waals surface area (Å²) < 4.78 is 12.8. The van der Waals surface area contributed by atoms with Crippen LogP contribution in [-0.4, -0.2) is 38.6 Å². The topological polar surface area (TPSA) is 82.2 Å². The molecule has 0 aliphatic rings. The minimum Gasteiger partial charge on any atom is -0.497 e. The fraction of sp³-hybridized carbons (Fsp3) is 0.381. The van der Waals surface area contributed by atoms with Gasteiger partial charge in [0.05, 0.1) is 25.2 Å². The van der Waals surface area contributed by atoms with Gasteiger partial charge >= 0.3 is 0 Å². The Kier molecular flexibility index (Phi) is 6.32. The van der Waals surface area contributed by atoms with Crippen LogP contribution < -0.4 is 10.1 Å². The van der Waals surface area contributed by atoms with Crippen molar-refractivity contribution in [1.82, 2.24) is 20.1 Å². The van der Waals surface area contributed by atoms with Crippen LogP contribution in [0.25, 0.3) is 11.4 Å². The Hall–Kier alpha value is -2.74. The molecule has 3 rings (SSSR count). The van der Waals surface area contributed by atoms with Gasteiger partial charge in [0.2, 0.25) is 5.91 Å². The van der Waals surface area contributed by atoms with Crippen molar-refractivity contribution in [2.75, 3.05) is 7.11 Å². The number of nitrogens with one attached hydrogen (secondary N) is 1. The lowest BCUT2D eigenvalue weighted by Crippen LogP contribution is -2.44. The highest BCUT2D eigenvalue weighted by atomic mass is 32.2. The van der Waals surface area contributed by atoms with Gasteiger partial charge in [-0.25, -0.2) is 0 Å². The second-order valence-electron chi connectivity index (χ2n) is 7.70. The fourth-order valence-corrected chi connectivity index (χ4v) is 3.58. The van der Waals surface area contributed by atoms with Gasteiger partial charge < -0.3 is 14.5 Å². The Morgan fingerprint density at radius 3 is 2.72 bits per heavy atom. The van der Waals surface area contributed by atoms with Crippen molar-refractivity contribution in [2.45, 2.75) is 50.2 Å². The van der Waals surface area contributed by atoms with Gasteiger partial charge in [0, 0.05) is 11.1 Å². The van der Waals surface area contributed by atoms with Crippen molar-refractivity contribution in [3.05, 3.63) is 48.4 Å². The Balaban J connectivity index is 1.92. The third-order valence-electron chi connectivity index (χ3n) is 4.09. The molecule has 3 aromatic rings. The summed E-state index contributed by atoms with van der Waals surface area (Å²) in [5.74, 6) is 2.16. The van der Waals surface area contributed by atoms with Crippen LogP contribution >= 0.6 is 11.8 Å². The van der Waals surface area contributed by atoms with E-state index in [0.29, 0.717) is 17.5 Å². The van der Waals surface area contributed by atoms with Gasteiger partial charge in [-0.3, -0.25) is 9.36 Å². The van der Waals surface area contributed by atoms with E-state index in [4.69, 9.17) is 9.15 Å². The molecule has 7 nitrogen and oxygen atoms in total. The average molecular weight is 415 g/mol. The number of thioether (sulfide) groups is 1. The molecule has 0 bridgehead atoms. The SMILES string of the molecule is COc1cccc(-c2nnc(S[C@@H](C)C(=O)NC(C)(C)C)n2Cc2ccco2)c1. The summed E-state index contributed by atoms with van der Waals surface area (Å²) in [5, 5.41) is 12.1. The molecule has 154 valence electrons. The number of carbonyl (C=O) groups excluding carboxylic acids is 1. The van der Waals surface area contributed by atoms with Gasteiger partial charge in [0.25, 0.3) is 0 Å². The molecule has 1 amide bonds. The molecular formula is C21H26N4O3S. The van der Waals surface area contributed by atoms with Crippen LogP contribution in [0.5, 0.6) is 5.75 Å². The Labute approximate surface area is 174 Å². The van der Waals surface area contributed by atoms with E-state index in [-0.39, 0.29) is 16.7 Å². The van der Waals surface area contributed by atoms with Gasteiger partial charge in [-0.2, -0.15) is 0 Å². The number of rotatable bonds is 7. The van der Waals surface area contributed by atoms with Crippen LogP contribution in [0.15, 0.2) is 52.2 Å². The predicted molar refractivity (Wildman–Crippen MR) is 113 cm³/mol. The fourth-order valence-electron chi connectivity index (χ4n) is 2.74. The molecule has 0 unspecified atom stereocenters. The first-order chi connectivity index (χ1) is 13.8. The van der Waals surface area contributed by atoms with Crippen LogP contribution in [0.1, 0.15) is 33.5 Å². The molecule has 2 heterocycles. The van der Waals surface area contributed by atoms with Gasteiger partial charge in [-0.15, -0.1) is 10.2 Å². The monoisotopic (exact) mass is 414 g/mol. The highest BCUT2D eigenvalue weighted by Gasteiger charge is 2.24. The number of benzene rings is 1. The Morgan fingerprint density at radius 1 is 1.28 bits per heavy atom. The minimum absolute atomic E-state index is 0.0435. The number of carbonyl (C=O) groups is 1. The molecule has 29 heavy (non-hydrogen) atoms. The zero-order valence-corrected chi connectivity index (χ0v) is 18.1. The van der Waals surface area contributed by atoms with E-state index in [2.05, 4.69) is 15.5 Å². The lowest BCUT2D eigenvalue weighted by Gasteiger charge is -2.22. The van der Waals surface area contributed by atoms with Gasteiger partial charge in [-0.05, 0) is 52.0 Å². The molecule has 0 spiro atoms. The first-order valence-corrected chi connectivity index (χ1v) is 10.2. The maximum Gasteiger partial charge on any atom is 0.233 e. The number of hydrogen-bond donors (Lipinski definition) is 1. The van der Waals surface area contributed by atoms with Crippen molar-refractivity contribution >= 4 is 17.7 Å². The Bertz CT molecular complexity index is 961. The maximum absolute atomic E-state index is 12.5. The smallest absolute Gasteiger partial charge is 0.233 e. The number of furan rings is 1. The lowest BCUT2D eigenvalue weighted by atomic mass is 10.1. The molecule has 0 saturated heterocycles. The molecule has 1 aromatic carbocycles. The summed E-state index contributed by atoms with van der Waals surface area (Å²) in [6.07, 6.45) is 1.64. The minimum atomic E-state index is -0.327. The van der Waals surface area contributed by atoms with Gasteiger partial charge in [-0.1, -0.05) is 23.9 Å². The quantitative estimate of drug-likeness (QED) is 0.589. The Morgan fingerprint density at radius 2 is 2.07 bits per heavy atom. The largest absolute Gasteiger partial charge is 0.497 e. The van der Waals surface area contributed by atoms with E-state index in [0.717, 1.165) is 17.1 Å². The van der Waals surface area contributed by atoms with Crippen molar-refractivity contribution in [3.8, 4) is 17.1 Å². The molecule has 1 N–H and O–H groups in total. The van der Waals surface area contributed by atoms with Crippen molar-refractivity contribution in [2.24, 2.45) is 0 Å². The van der Waals surface area contributed by atoms with Crippen LogP contribution in [0.3, 0.4) is 0 Å².